The zero-order valence-electron chi connectivity index (χ0n) is 11.6. The Labute approximate surface area is 104 Å². The van der Waals surface area contributed by atoms with Gasteiger partial charge in [-0.2, -0.15) is 0 Å². The molecule has 0 fully saturated rings. The van der Waals surface area contributed by atoms with Gasteiger partial charge in [-0.05, 0) is 13.5 Å². The van der Waals surface area contributed by atoms with Crippen LogP contribution in [-0.2, 0) is 6.54 Å². The minimum atomic E-state index is 0.372. The van der Waals surface area contributed by atoms with E-state index < -0.39 is 0 Å². The Hall–Kier alpha value is -1.16. The van der Waals surface area contributed by atoms with Gasteiger partial charge in [0, 0.05) is 26.1 Å². The van der Waals surface area contributed by atoms with Crippen LogP contribution in [0.3, 0.4) is 0 Å². The first-order valence-corrected chi connectivity index (χ1v) is 6.37. The third-order valence-corrected chi connectivity index (χ3v) is 2.81. The molecule has 0 saturated carbocycles. The van der Waals surface area contributed by atoms with Gasteiger partial charge in [0.2, 0.25) is 0 Å². The molecule has 0 aliphatic carbocycles. The molecule has 96 valence electrons. The lowest BCUT2D eigenvalue weighted by molar-refractivity contribution is 0.683. The molecule has 0 unspecified atom stereocenters. The normalized spacial score (nSPS) is 10.9. The van der Waals surface area contributed by atoms with Crippen LogP contribution in [0, 0.1) is 0 Å². The van der Waals surface area contributed by atoms with Gasteiger partial charge >= 0.3 is 0 Å². The van der Waals surface area contributed by atoms with Gasteiger partial charge in [-0.25, -0.2) is 9.97 Å². The first kappa shape index (κ1) is 13.9. The lowest BCUT2D eigenvalue weighted by Gasteiger charge is -2.20. The largest absolute Gasteiger partial charge is 0.372 e. The van der Waals surface area contributed by atoms with Crippen molar-refractivity contribution in [1.82, 2.24) is 15.3 Å². The van der Waals surface area contributed by atoms with Crippen LogP contribution in [0.5, 0.6) is 0 Å². The zero-order chi connectivity index (χ0) is 12.8. The highest BCUT2D eigenvalue weighted by Gasteiger charge is 2.11. The van der Waals surface area contributed by atoms with Gasteiger partial charge < -0.3 is 10.2 Å². The van der Waals surface area contributed by atoms with Gasteiger partial charge in [-0.15, -0.1) is 0 Å². The maximum absolute atomic E-state index is 4.66. The predicted octanol–water partition coefficient (Wildman–Crippen LogP) is 2.17. The van der Waals surface area contributed by atoms with Crippen molar-refractivity contribution in [3.05, 3.63) is 17.7 Å². The summed E-state index contributed by atoms with van der Waals surface area (Å²) in [6.45, 7) is 11.2. The summed E-state index contributed by atoms with van der Waals surface area (Å²) in [7, 11) is 2.07. The maximum atomic E-state index is 4.66. The number of hydrogen-bond acceptors (Lipinski definition) is 4. The molecule has 0 bridgehead atoms. The lowest BCUT2D eigenvalue weighted by atomic mass is 10.2. The van der Waals surface area contributed by atoms with Gasteiger partial charge in [-0.3, -0.25) is 0 Å². The Morgan fingerprint density at radius 2 is 2.06 bits per heavy atom. The van der Waals surface area contributed by atoms with Crippen LogP contribution >= 0.6 is 0 Å². The molecular weight excluding hydrogens is 212 g/mol. The number of anilines is 1. The van der Waals surface area contributed by atoms with E-state index in [0.717, 1.165) is 36.8 Å². The first-order valence-electron chi connectivity index (χ1n) is 6.37. The standard InChI is InChI=1S/C13H24N4/c1-6-14-8-11-12(17(5)7-2)9-15-13(16-11)10(3)4/h9-10,14H,6-8H2,1-5H3. The summed E-state index contributed by atoms with van der Waals surface area (Å²) in [6, 6.07) is 0. The molecule has 0 spiro atoms. The molecule has 0 amide bonds. The number of rotatable bonds is 6. The van der Waals surface area contributed by atoms with Gasteiger partial charge in [0.1, 0.15) is 5.82 Å². The van der Waals surface area contributed by atoms with E-state index >= 15 is 0 Å². The van der Waals surface area contributed by atoms with E-state index in [0.29, 0.717) is 5.92 Å². The van der Waals surface area contributed by atoms with Crippen molar-refractivity contribution in [1.29, 1.82) is 0 Å². The van der Waals surface area contributed by atoms with Crippen LogP contribution in [0.1, 0.15) is 45.1 Å². The van der Waals surface area contributed by atoms with E-state index in [1.165, 1.54) is 0 Å². The minimum Gasteiger partial charge on any atom is -0.372 e. The summed E-state index contributed by atoms with van der Waals surface area (Å²) in [6.07, 6.45) is 1.94. The second-order valence-electron chi connectivity index (χ2n) is 4.51. The van der Waals surface area contributed by atoms with E-state index in [4.69, 9.17) is 0 Å². The summed E-state index contributed by atoms with van der Waals surface area (Å²) in [4.78, 5) is 11.3. The highest BCUT2D eigenvalue weighted by Crippen LogP contribution is 2.19. The van der Waals surface area contributed by atoms with Crippen molar-refractivity contribution >= 4 is 5.69 Å². The van der Waals surface area contributed by atoms with Gasteiger partial charge in [0.05, 0.1) is 17.6 Å². The average molecular weight is 236 g/mol. The monoisotopic (exact) mass is 236 g/mol. The molecule has 1 heterocycles. The second kappa shape index (κ2) is 6.55. The van der Waals surface area contributed by atoms with E-state index in [-0.39, 0.29) is 0 Å². The topological polar surface area (TPSA) is 41.1 Å². The van der Waals surface area contributed by atoms with Crippen molar-refractivity contribution in [2.75, 3.05) is 25.0 Å². The fraction of sp³-hybridized carbons (Fsp3) is 0.692. The summed E-state index contributed by atoms with van der Waals surface area (Å²) < 4.78 is 0. The van der Waals surface area contributed by atoms with E-state index in [9.17, 15) is 0 Å². The molecule has 4 nitrogen and oxygen atoms in total. The van der Waals surface area contributed by atoms with Crippen LogP contribution in [0.4, 0.5) is 5.69 Å². The van der Waals surface area contributed by atoms with Crippen LogP contribution < -0.4 is 10.2 Å². The molecule has 1 aromatic rings. The smallest absolute Gasteiger partial charge is 0.131 e. The maximum Gasteiger partial charge on any atom is 0.131 e. The first-order chi connectivity index (χ1) is 8.10. The van der Waals surface area contributed by atoms with E-state index in [2.05, 4.69) is 54.9 Å². The van der Waals surface area contributed by atoms with Crippen LogP contribution in [0.25, 0.3) is 0 Å². The molecule has 0 aliphatic heterocycles. The van der Waals surface area contributed by atoms with Crippen molar-refractivity contribution in [3.63, 3.8) is 0 Å². The molecule has 0 aromatic carbocycles. The van der Waals surface area contributed by atoms with Gasteiger partial charge in [0.25, 0.3) is 0 Å². The minimum absolute atomic E-state index is 0.372. The summed E-state index contributed by atoms with van der Waals surface area (Å²) in [5.41, 5.74) is 2.22. The van der Waals surface area contributed by atoms with Crippen molar-refractivity contribution in [2.24, 2.45) is 0 Å². The average Bonchev–Trinajstić information content (AvgIpc) is 2.34. The molecule has 17 heavy (non-hydrogen) atoms. The Bertz CT molecular complexity index is 349. The number of nitrogens with zero attached hydrogens (tertiary/aromatic N) is 3. The molecule has 1 aromatic heterocycles. The quantitative estimate of drug-likeness (QED) is 0.822. The molecule has 0 saturated heterocycles. The van der Waals surface area contributed by atoms with Crippen molar-refractivity contribution in [3.8, 4) is 0 Å². The van der Waals surface area contributed by atoms with Crippen molar-refractivity contribution in [2.45, 2.75) is 40.2 Å². The summed E-state index contributed by atoms with van der Waals surface area (Å²) >= 11 is 0. The van der Waals surface area contributed by atoms with Crippen molar-refractivity contribution < 1.29 is 0 Å². The highest BCUT2D eigenvalue weighted by molar-refractivity contribution is 5.48. The second-order valence-corrected chi connectivity index (χ2v) is 4.51. The number of hydrogen-bond donors (Lipinski definition) is 1. The Morgan fingerprint density at radius 1 is 1.35 bits per heavy atom. The van der Waals surface area contributed by atoms with Crippen LogP contribution in [0.2, 0.25) is 0 Å². The summed E-state index contributed by atoms with van der Waals surface area (Å²) in [5, 5.41) is 3.33. The predicted molar refractivity (Wildman–Crippen MR) is 72.4 cm³/mol. The van der Waals surface area contributed by atoms with Crippen LogP contribution in [-0.4, -0.2) is 30.1 Å². The third-order valence-electron chi connectivity index (χ3n) is 2.81. The molecule has 1 rings (SSSR count). The molecular formula is C13H24N4. The Morgan fingerprint density at radius 3 is 2.59 bits per heavy atom. The number of nitrogens with one attached hydrogen (secondary N) is 1. The van der Waals surface area contributed by atoms with Crippen LogP contribution in [0.15, 0.2) is 6.20 Å². The molecule has 0 aliphatic rings. The molecule has 1 N–H and O–H groups in total. The fourth-order valence-corrected chi connectivity index (χ4v) is 1.57. The Kier molecular flexibility index (Phi) is 5.35. The molecule has 4 heteroatoms. The SMILES string of the molecule is CCNCc1nc(C(C)C)ncc1N(C)CC. The Balaban J connectivity index is 3.02. The van der Waals surface area contributed by atoms with Gasteiger partial charge in [-0.1, -0.05) is 20.8 Å². The zero-order valence-corrected chi connectivity index (χ0v) is 11.6. The highest BCUT2D eigenvalue weighted by atomic mass is 15.1. The molecule has 0 radical (unpaired) electrons. The third kappa shape index (κ3) is 3.66. The lowest BCUT2D eigenvalue weighted by Crippen LogP contribution is -2.22. The summed E-state index contributed by atoms with van der Waals surface area (Å²) in [5.74, 6) is 1.29. The van der Waals surface area contributed by atoms with E-state index in [1.807, 2.05) is 6.20 Å². The van der Waals surface area contributed by atoms with Gasteiger partial charge in [0.15, 0.2) is 0 Å². The fourth-order valence-electron chi connectivity index (χ4n) is 1.57. The number of aromatic nitrogens is 2. The molecule has 0 atom stereocenters. The van der Waals surface area contributed by atoms with E-state index in [1.54, 1.807) is 0 Å².